The summed E-state index contributed by atoms with van der Waals surface area (Å²) in [6.07, 6.45) is -0.853. The minimum Gasteiger partial charge on any atom is -0.759 e. The number of piperazine rings is 1. The lowest BCUT2D eigenvalue weighted by Gasteiger charge is -2.39. The van der Waals surface area contributed by atoms with Crippen molar-refractivity contribution in [3.05, 3.63) is 58.3 Å². The van der Waals surface area contributed by atoms with Gasteiger partial charge in [-0.05, 0) is 36.4 Å². The maximum atomic E-state index is 14.7. The van der Waals surface area contributed by atoms with Crippen LogP contribution in [0, 0.1) is 16.8 Å². The zero-order chi connectivity index (χ0) is 26.5. The van der Waals surface area contributed by atoms with E-state index < -0.39 is 63.4 Å². The van der Waals surface area contributed by atoms with Crippen molar-refractivity contribution in [2.75, 3.05) is 40.0 Å². The maximum absolute atomic E-state index is 14.7. The van der Waals surface area contributed by atoms with Crippen molar-refractivity contribution in [1.29, 1.82) is 0 Å². The van der Waals surface area contributed by atoms with Crippen molar-refractivity contribution in [2.24, 2.45) is 0 Å². The van der Waals surface area contributed by atoms with Gasteiger partial charge in [0, 0.05) is 31.8 Å². The number of benzene rings is 2. The number of sulfonamides is 1. The molecule has 1 aliphatic heterocycles. The number of carbonyl (C=O) groups is 2. The van der Waals surface area contributed by atoms with Gasteiger partial charge in [-0.25, -0.2) is 22.0 Å². The number of halogens is 3. The number of carbonyl (C=O) groups excluding carboxylic acids is 2. The van der Waals surface area contributed by atoms with Crippen molar-refractivity contribution in [3.8, 4) is 11.5 Å². The smallest absolute Gasteiger partial charge is 0.409 e. The second-order valence-electron chi connectivity index (χ2n) is 7.42. The zero-order valence-electron chi connectivity index (χ0n) is 18.8. The van der Waals surface area contributed by atoms with Gasteiger partial charge < -0.3 is 29.8 Å². The molecular formula is C21H21ClF2N3O8S-. The van der Waals surface area contributed by atoms with E-state index >= 15 is 0 Å². The van der Waals surface area contributed by atoms with Crippen molar-refractivity contribution < 1.29 is 41.0 Å². The average molecular weight is 549 g/mol. The first-order valence-corrected chi connectivity index (χ1v) is 12.2. The van der Waals surface area contributed by atoms with Gasteiger partial charge in [0.25, 0.3) is 0 Å². The quantitative estimate of drug-likeness (QED) is 0.392. The van der Waals surface area contributed by atoms with Crippen molar-refractivity contribution >= 4 is 33.6 Å². The third-order valence-electron chi connectivity index (χ3n) is 5.12. The topological polar surface area (TPSA) is 138 Å². The van der Waals surface area contributed by atoms with Crippen LogP contribution in [0.2, 0.25) is 5.02 Å². The predicted molar refractivity (Wildman–Crippen MR) is 122 cm³/mol. The van der Waals surface area contributed by atoms with Crippen LogP contribution in [0.5, 0.6) is 11.5 Å². The zero-order valence-corrected chi connectivity index (χ0v) is 20.4. The van der Waals surface area contributed by atoms with Gasteiger partial charge in [0.15, 0.2) is 17.4 Å². The van der Waals surface area contributed by atoms with E-state index in [1.54, 1.807) is 0 Å². The highest BCUT2D eigenvalue weighted by atomic mass is 35.5. The third-order valence-corrected chi connectivity index (χ3v) is 7.26. The lowest BCUT2D eigenvalue weighted by atomic mass is 10.2. The number of hydrogen-bond acceptors (Lipinski definition) is 8. The Labute approximate surface area is 210 Å². The first-order chi connectivity index (χ1) is 17.1. The summed E-state index contributed by atoms with van der Waals surface area (Å²) >= 11 is 5.76. The van der Waals surface area contributed by atoms with E-state index in [0.29, 0.717) is 21.5 Å². The fraction of sp³-hybridized carbons (Fsp3) is 0.333. The molecule has 0 radical (unpaired) electrons. The number of hydroxylamine groups is 1. The number of nitrogens with one attached hydrogen (secondary N) is 1. The Morgan fingerprint density at radius 1 is 1.14 bits per heavy atom. The Morgan fingerprint density at radius 2 is 1.78 bits per heavy atom. The molecule has 196 valence electrons. The maximum Gasteiger partial charge on any atom is 0.409 e. The van der Waals surface area contributed by atoms with E-state index in [1.807, 2.05) is 0 Å². The fourth-order valence-corrected chi connectivity index (χ4v) is 5.06. The van der Waals surface area contributed by atoms with E-state index in [1.165, 1.54) is 31.4 Å². The molecule has 36 heavy (non-hydrogen) atoms. The molecule has 1 atom stereocenters. The summed E-state index contributed by atoms with van der Waals surface area (Å²) in [5, 5.41) is 11.4. The molecule has 2 aromatic rings. The third kappa shape index (κ3) is 6.20. The lowest BCUT2D eigenvalue weighted by Crippen LogP contribution is -2.61. The SMILES string of the molecule is COCCOC(=O)N1CCN(S(=O)(=O)c2cc(F)c(Oc3ccc(Cl)cc3)c(F)c2)[C@@H](C(=O)N[O-])C1. The van der Waals surface area contributed by atoms with Crippen LogP contribution in [-0.4, -0.2) is 75.6 Å². The Kier molecular flexibility index (Phi) is 9.03. The molecular weight excluding hydrogens is 528 g/mol. The molecule has 15 heteroatoms. The van der Waals surface area contributed by atoms with Gasteiger partial charge in [0.2, 0.25) is 15.9 Å². The average Bonchev–Trinajstić information content (AvgIpc) is 2.86. The summed E-state index contributed by atoms with van der Waals surface area (Å²) in [5.74, 6) is -4.72. The molecule has 3 rings (SSSR count). The van der Waals surface area contributed by atoms with E-state index in [9.17, 15) is 32.0 Å². The molecule has 0 bridgehead atoms. The molecule has 0 aliphatic carbocycles. The van der Waals surface area contributed by atoms with Crippen molar-refractivity contribution in [3.63, 3.8) is 0 Å². The molecule has 1 saturated heterocycles. The van der Waals surface area contributed by atoms with E-state index in [-0.39, 0.29) is 25.5 Å². The minimum atomic E-state index is -4.69. The van der Waals surface area contributed by atoms with E-state index in [2.05, 4.69) is 0 Å². The largest absolute Gasteiger partial charge is 0.759 e. The van der Waals surface area contributed by atoms with Crippen LogP contribution in [0.25, 0.3) is 0 Å². The second kappa shape index (κ2) is 11.8. The number of amides is 2. The first kappa shape index (κ1) is 27.5. The summed E-state index contributed by atoms with van der Waals surface area (Å²) in [4.78, 5) is 24.6. The minimum absolute atomic E-state index is 0.0495. The van der Waals surface area contributed by atoms with Crippen molar-refractivity contribution in [2.45, 2.75) is 10.9 Å². The van der Waals surface area contributed by atoms with Crippen LogP contribution < -0.4 is 10.2 Å². The van der Waals surface area contributed by atoms with Crippen LogP contribution in [0.15, 0.2) is 41.3 Å². The molecule has 1 aliphatic rings. The number of ether oxygens (including phenoxy) is 3. The molecule has 1 N–H and O–H groups in total. The van der Waals surface area contributed by atoms with Crippen LogP contribution in [-0.2, 0) is 24.3 Å². The van der Waals surface area contributed by atoms with E-state index in [4.69, 9.17) is 25.8 Å². The summed E-state index contributed by atoms with van der Waals surface area (Å²) in [6, 6.07) is 4.96. The first-order valence-electron chi connectivity index (χ1n) is 10.4. The highest BCUT2D eigenvalue weighted by molar-refractivity contribution is 7.89. The van der Waals surface area contributed by atoms with Gasteiger partial charge in [0.1, 0.15) is 18.4 Å². The molecule has 0 unspecified atom stereocenters. The number of nitrogens with zero attached hydrogens (tertiary/aromatic N) is 2. The van der Waals surface area contributed by atoms with Crippen LogP contribution in [0.3, 0.4) is 0 Å². The van der Waals surface area contributed by atoms with E-state index in [0.717, 1.165) is 10.4 Å². The molecule has 2 aromatic carbocycles. The molecule has 0 saturated carbocycles. The fourth-order valence-electron chi connectivity index (χ4n) is 3.34. The lowest BCUT2D eigenvalue weighted by molar-refractivity contribution is -0.125. The number of rotatable bonds is 8. The van der Waals surface area contributed by atoms with Crippen LogP contribution >= 0.6 is 11.6 Å². The van der Waals surface area contributed by atoms with Gasteiger partial charge in [-0.3, -0.25) is 4.79 Å². The van der Waals surface area contributed by atoms with Gasteiger partial charge in [-0.1, -0.05) is 11.6 Å². The highest BCUT2D eigenvalue weighted by Gasteiger charge is 2.41. The summed E-state index contributed by atoms with van der Waals surface area (Å²) in [6.45, 7) is -1.17. The van der Waals surface area contributed by atoms with Gasteiger partial charge in [-0.2, -0.15) is 4.31 Å². The molecule has 1 fully saturated rings. The normalized spacial score (nSPS) is 16.5. The molecule has 1 heterocycles. The Balaban J connectivity index is 1.85. The monoisotopic (exact) mass is 548 g/mol. The highest BCUT2D eigenvalue weighted by Crippen LogP contribution is 2.32. The van der Waals surface area contributed by atoms with Gasteiger partial charge in [-0.15, -0.1) is 0 Å². The summed E-state index contributed by atoms with van der Waals surface area (Å²) in [7, 11) is -3.30. The van der Waals surface area contributed by atoms with Crippen molar-refractivity contribution in [1.82, 2.24) is 14.7 Å². The second-order valence-corrected chi connectivity index (χ2v) is 9.75. The summed E-state index contributed by atoms with van der Waals surface area (Å²) in [5.41, 5.74) is 1.09. The molecule has 2 amide bonds. The standard InChI is InChI=1S/C21H21ClF2N3O8S/c1-33-8-9-34-21(29)26-6-7-27(18(12-26)20(28)25-30)36(31,32)15-10-16(23)19(17(24)11-15)35-14-4-2-13(22)3-5-14/h2-5,10-11,18H,6-9,12H2,1H3,(H-,25,28,30)/q-1/t18-/m1/s1. The van der Waals surface area contributed by atoms with Crippen LogP contribution in [0.4, 0.5) is 13.6 Å². The molecule has 0 spiro atoms. The molecule has 0 aromatic heterocycles. The van der Waals surface area contributed by atoms with Gasteiger partial charge in [0.05, 0.1) is 11.5 Å². The predicted octanol–water partition coefficient (Wildman–Crippen LogP) is 2.48. The Morgan fingerprint density at radius 3 is 2.36 bits per heavy atom. The van der Waals surface area contributed by atoms with Gasteiger partial charge >= 0.3 is 6.09 Å². The summed E-state index contributed by atoms with van der Waals surface area (Å²) < 4.78 is 71.4. The van der Waals surface area contributed by atoms with Crippen LogP contribution in [0.1, 0.15) is 0 Å². The Hall–Kier alpha value is -3.04. The number of methoxy groups -OCH3 is 1. The molecule has 11 nitrogen and oxygen atoms in total. The number of hydrogen-bond donors (Lipinski definition) is 1. The Bertz CT molecular complexity index is 1190.